The minimum absolute atomic E-state index is 0.00469. The molecule has 0 saturated heterocycles. The maximum Gasteiger partial charge on any atom is 0.305 e. The first-order valence-corrected chi connectivity index (χ1v) is 35.4. The molecule has 3 N–H and O–H groups in total. The first-order chi connectivity index (χ1) is 38.0. The molecule has 0 saturated carbocycles. The summed E-state index contributed by atoms with van der Waals surface area (Å²) in [6.45, 7) is 4.99. The maximum atomic E-state index is 12.6. The minimum Gasteiger partial charge on any atom is -0.466 e. The van der Waals surface area contributed by atoms with E-state index < -0.39 is 12.1 Å². The van der Waals surface area contributed by atoms with Crippen molar-refractivity contribution in [1.82, 2.24) is 5.32 Å². The molecule has 0 rings (SSSR count). The molecule has 0 aliphatic rings. The van der Waals surface area contributed by atoms with E-state index in [0.717, 1.165) is 44.9 Å². The zero-order chi connectivity index (χ0) is 55.7. The summed E-state index contributed by atoms with van der Waals surface area (Å²) >= 11 is 0. The van der Waals surface area contributed by atoms with Crippen LogP contribution in [0.3, 0.4) is 0 Å². The van der Waals surface area contributed by atoms with Gasteiger partial charge in [0.2, 0.25) is 5.91 Å². The van der Waals surface area contributed by atoms with E-state index in [4.69, 9.17) is 4.74 Å². The van der Waals surface area contributed by atoms with Crippen LogP contribution in [-0.4, -0.2) is 47.4 Å². The molecule has 77 heavy (non-hydrogen) atoms. The SMILES string of the molecule is CCCCCCCCC/C=C\CCCCCCCC(=O)OCCCCCCCCCCCCCCCCCCCCCCC(=O)NC(CO)C(O)CCCCCCCCCCCCCCCCCCCCCCCCCC. The van der Waals surface area contributed by atoms with Crippen molar-refractivity contribution in [2.75, 3.05) is 13.2 Å². The Labute approximate surface area is 482 Å². The van der Waals surface area contributed by atoms with Gasteiger partial charge in [0.05, 0.1) is 25.4 Å². The van der Waals surface area contributed by atoms with Crippen molar-refractivity contribution in [2.45, 2.75) is 418 Å². The van der Waals surface area contributed by atoms with Crippen LogP contribution < -0.4 is 5.32 Å². The zero-order valence-corrected chi connectivity index (χ0v) is 52.5. The lowest BCUT2D eigenvalue weighted by molar-refractivity contribution is -0.143. The number of ether oxygens (including phenoxy) is 1. The largest absolute Gasteiger partial charge is 0.466 e. The summed E-state index contributed by atoms with van der Waals surface area (Å²) in [6, 6.07) is -0.544. The molecule has 0 aliphatic carbocycles. The number of amides is 1. The molecule has 0 heterocycles. The van der Waals surface area contributed by atoms with Crippen LogP contribution in [0.2, 0.25) is 0 Å². The average molecular weight is 1090 g/mol. The monoisotopic (exact) mass is 1090 g/mol. The second-order valence-electron chi connectivity index (χ2n) is 24.6. The number of hydrogen-bond donors (Lipinski definition) is 3. The Hall–Kier alpha value is -1.40. The molecule has 0 aromatic heterocycles. The number of hydrogen-bond acceptors (Lipinski definition) is 5. The predicted molar refractivity (Wildman–Crippen MR) is 338 cm³/mol. The van der Waals surface area contributed by atoms with Gasteiger partial charge in [0.15, 0.2) is 0 Å². The molecule has 458 valence electrons. The molecule has 6 heteroatoms. The second-order valence-corrected chi connectivity index (χ2v) is 24.6. The molecule has 0 radical (unpaired) electrons. The molecule has 0 aromatic carbocycles. The summed E-state index contributed by atoms with van der Waals surface area (Å²) < 4.78 is 5.49. The molecule has 0 aromatic rings. The molecule has 6 nitrogen and oxygen atoms in total. The van der Waals surface area contributed by atoms with Gasteiger partial charge < -0.3 is 20.3 Å². The zero-order valence-electron chi connectivity index (χ0n) is 52.5. The van der Waals surface area contributed by atoms with Gasteiger partial charge in [-0.05, 0) is 51.4 Å². The van der Waals surface area contributed by atoms with E-state index in [1.54, 1.807) is 0 Å². The van der Waals surface area contributed by atoms with Crippen molar-refractivity contribution >= 4 is 11.9 Å². The topological polar surface area (TPSA) is 95.9 Å². The van der Waals surface area contributed by atoms with Crippen LogP contribution >= 0.6 is 0 Å². The van der Waals surface area contributed by atoms with Crippen molar-refractivity contribution in [2.24, 2.45) is 0 Å². The third-order valence-corrected chi connectivity index (χ3v) is 16.8. The normalized spacial score (nSPS) is 12.5. The maximum absolute atomic E-state index is 12.6. The molecule has 0 bridgehead atoms. The molecule has 2 atom stereocenters. The van der Waals surface area contributed by atoms with Gasteiger partial charge in [-0.15, -0.1) is 0 Å². The Morgan fingerprint density at radius 1 is 0.351 bits per heavy atom. The highest BCUT2D eigenvalue weighted by atomic mass is 16.5. The van der Waals surface area contributed by atoms with Crippen molar-refractivity contribution in [1.29, 1.82) is 0 Å². The highest BCUT2D eigenvalue weighted by Gasteiger charge is 2.20. The Balaban J connectivity index is 3.38. The third kappa shape index (κ3) is 63.6. The van der Waals surface area contributed by atoms with E-state index >= 15 is 0 Å². The number of carbonyl (C=O) groups is 2. The van der Waals surface area contributed by atoms with Crippen molar-refractivity contribution in [3.63, 3.8) is 0 Å². The van der Waals surface area contributed by atoms with Crippen molar-refractivity contribution < 1.29 is 24.5 Å². The van der Waals surface area contributed by atoms with Gasteiger partial charge in [0.25, 0.3) is 0 Å². The summed E-state index contributed by atoms with van der Waals surface area (Å²) in [5, 5.41) is 23.4. The molecule has 0 spiro atoms. The van der Waals surface area contributed by atoms with E-state index in [9.17, 15) is 19.8 Å². The lowest BCUT2D eigenvalue weighted by Gasteiger charge is -2.22. The number of rotatable bonds is 67. The van der Waals surface area contributed by atoms with Crippen LogP contribution in [0.25, 0.3) is 0 Å². The lowest BCUT2D eigenvalue weighted by Crippen LogP contribution is -2.45. The predicted octanol–water partition coefficient (Wildman–Crippen LogP) is 22.8. The van der Waals surface area contributed by atoms with E-state index in [0.29, 0.717) is 25.9 Å². The van der Waals surface area contributed by atoms with Crippen LogP contribution in [0.1, 0.15) is 406 Å². The van der Waals surface area contributed by atoms with Crippen LogP contribution in [0.5, 0.6) is 0 Å². The molecule has 1 amide bonds. The number of aliphatic hydroxyl groups excluding tert-OH is 2. The fraction of sp³-hybridized carbons (Fsp3) is 0.944. The smallest absolute Gasteiger partial charge is 0.305 e. The summed E-state index contributed by atoms with van der Waals surface area (Å²) in [5.41, 5.74) is 0. The average Bonchev–Trinajstić information content (AvgIpc) is 3.43. The number of aliphatic hydroxyl groups is 2. The van der Waals surface area contributed by atoms with Gasteiger partial charge >= 0.3 is 5.97 Å². The fourth-order valence-electron chi connectivity index (χ4n) is 11.4. The quantitative estimate of drug-likeness (QED) is 0.0320. The number of esters is 1. The van der Waals surface area contributed by atoms with Crippen molar-refractivity contribution in [3.05, 3.63) is 12.2 Å². The van der Waals surface area contributed by atoms with E-state index in [1.807, 2.05) is 0 Å². The van der Waals surface area contributed by atoms with E-state index in [-0.39, 0.29) is 18.5 Å². The molecular weight excluding hydrogens is 947 g/mol. The van der Waals surface area contributed by atoms with Crippen LogP contribution in [0, 0.1) is 0 Å². The van der Waals surface area contributed by atoms with Gasteiger partial charge in [-0.1, -0.05) is 353 Å². The fourth-order valence-corrected chi connectivity index (χ4v) is 11.4. The van der Waals surface area contributed by atoms with Gasteiger partial charge in [0.1, 0.15) is 0 Å². The van der Waals surface area contributed by atoms with Crippen LogP contribution in [-0.2, 0) is 14.3 Å². The van der Waals surface area contributed by atoms with Gasteiger partial charge in [0, 0.05) is 12.8 Å². The Bertz CT molecular complexity index is 1160. The molecule has 2 unspecified atom stereocenters. The summed E-state index contributed by atoms with van der Waals surface area (Å²) in [7, 11) is 0. The standard InChI is InChI=1S/C71H139NO5/c1-3-5-7-9-11-13-15-17-19-21-22-23-24-25-26-29-32-35-39-43-47-51-55-59-63-69(74)68(67-73)72-70(75)64-60-56-52-48-44-40-36-33-30-27-28-31-34-38-42-46-50-54-58-62-66-77-71(76)65-61-57-53-49-45-41-37-20-18-16-14-12-10-8-6-4-2/h20,37,68-69,73-74H,3-19,21-36,38-67H2,1-2H3,(H,72,75)/b37-20-. The summed E-state index contributed by atoms with van der Waals surface area (Å²) in [4.78, 5) is 24.6. The highest BCUT2D eigenvalue weighted by Crippen LogP contribution is 2.19. The summed E-state index contributed by atoms with van der Waals surface area (Å²) in [5.74, 6) is -0.0270. The van der Waals surface area contributed by atoms with E-state index in [1.165, 1.54) is 327 Å². The number of unbranched alkanes of at least 4 members (excludes halogenated alkanes) is 54. The van der Waals surface area contributed by atoms with Crippen LogP contribution in [0.4, 0.5) is 0 Å². The number of carbonyl (C=O) groups excluding carboxylic acids is 2. The molecular formula is C71H139NO5. The van der Waals surface area contributed by atoms with E-state index in [2.05, 4.69) is 31.3 Å². The first kappa shape index (κ1) is 75.6. The molecule has 0 aliphatic heterocycles. The number of nitrogens with one attached hydrogen (secondary N) is 1. The minimum atomic E-state index is -0.667. The van der Waals surface area contributed by atoms with Gasteiger partial charge in [-0.3, -0.25) is 9.59 Å². The first-order valence-electron chi connectivity index (χ1n) is 35.4. The Morgan fingerprint density at radius 2 is 0.610 bits per heavy atom. The van der Waals surface area contributed by atoms with Crippen LogP contribution in [0.15, 0.2) is 12.2 Å². The third-order valence-electron chi connectivity index (χ3n) is 16.8. The van der Waals surface area contributed by atoms with Gasteiger partial charge in [-0.2, -0.15) is 0 Å². The number of allylic oxidation sites excluding steroid dienone is 2. The summed E-state index contributed by atoms with van der Waals surface area (Å²) in [6.07, 6.45) is 82.5. The van der Waals surface area contributed by atoms with Gasteiger partial charge in [-0.25, -0.2) is 0 Å². The van der Waals surface area contributed by atoms with Crippen molar-refractivity contribution in [3.8, 4) is 0 Å². The Kier molecular flexibility index (Phi) is 65.9. The molecule has 0 fully saturated rings. The second kappa shape index (κ2) is 67.1. The lowest BCUT2D eigenvalue weighted by atomic mass is 10.0. The Morgan fingerprint density at radius 3 is 0.922 bits per heavy atom. The highest BCUT2D eigenvalue weighted by molar-refractivity contribution is 5.76.